The minimum Gasteiger partial charge on any atom is -0.348 e. The van der Waals surface area contributed by atoms with Gasteiger partial charge >= 0.3 is 6.03 Å². The Morgan fingerprint density at radius 3 is 2.38 bits per heavy atom. The van der Waals surface area contributed by atoms with Crippen molar-refractivity contribution in [1.82, 2.24) is 10.6 Å². The maximum absolute atomic E-state index is 12.3. The molecule has 0 aromatic heterocycles. The standard InChI is InChI=1S/C21H27N3O2/c1-15(2)12-19(17-9-5-4-6-10-17)24-20(25)14-22-21(26)23-18-11-7-8-16(3)13-18/h4-11,13,15,19H,12,14H2,1-3H3,(H,24,25)(H2,22,23,26). The second kappa shape index (κ2) is 9.61. The molecular weight excluding hydrogens is 326 g/mol. The highest BCUT2D eigenvalue weighted by atomic mass is 16.2. The number of carbonyl (C=O) groups excluding carboxylic acids is 2. The lowest BCUT2D eigenvalue weighted by atomic mass is 9.97. The monoisotopic (exact) mass is 353 g/mol. The molecule has 1 atom stereocenters. The first-order valence-electron chi connectivity index (χ1n) is 8.90. The average molecular weight is 353 g/mol. The minimum absolute atomic E-state index is 0.0645. The van der Waals surface area contributed by atoms with E-state index < -0.39 is 6.03 Å². The third kappa shape index (κ3) is 6.59. The Hall–Kier alpha value is -2.82. The molecule has 0 aliphatic rings. The molecule has 0 saturated carbocycles. The highest BCUT2D eigenvalue weighted by molar-refractivity contribution is 5.92. The fourth-order valence-corrected chi connectivity index (χ4v) is 2.74. The summed E-state index contributed by atoms with van der Waals surface area (Å²) in [6.45, 7) is 6.12. The van der Waals surface area contributed by atoms with Crippen molar-refractivity contribution in [1.29, 1.82) is 0 Å². The normalized spacial score (nSPS) is 11.7. The molecule has 0 fully saturated rings. The molecule has 0 aliphatic heterocycles. The van der Waals surface area contributed by atoms with Crippen LogP contribution in [0.4, 0.5) is 10.5 Å². The summed E-state index contributed by atoms with van der Waals surface area (Å²) >= 11 is 0. The van der Waals surface area contributed by atoms with Crippen LogP contribution >= 0.6 is 0 Å². The molecule has 0 spiro atoms. The highest BCUT2D eigenvalue weighted by Crippen LogP contribution is 2.20. The van der Waals surface area contributed by atoms with Gasteiger partial charge in [-0.15, -0.1) is 0 Å². The lowest BCUT2D eigenvalue weighted by molar-refractivity contribution is -0.120. The first kappa shape index (κ1) is 19.5. The molecule has 1 unspecified atom stereocenters. The summed E-state index contributed by atoms with van der Waals surface area (Å²) in [5.41, 5.74) is 2.82. The predicted molar refractivity (Wildman–Crippen MR) is 105 cm³/mol. The number of aryl methyl sites for hydroxylation is 1. The van der Waals surface area contributed by atoms with Crippen LogP contribution in [0, 0.1) is 12.8 Å². The number of urea groups is 1. The Morgan fingerprint density at radius 2 is 1.73 bits per heavy atom. The lowest BCUT2D eigenvalue weighted by Gasteiger charge is -2.21. The average Bonchev–Trinajstić information content (AvgIpc) is 2.60. The SMILES string of the molecule is Cc1cccc(NC(=O)NCC(=O)NC(CC(C)C)c2ccccc2)c1. The van der Waals surface area contributed by atoms with Gasteiger partial charge in [0, 0.05) is 5.69 Å². The molecule has 2 aromatic carbocycles. The molecule has 0 radical (unpaired) electrons. The number of hydrogen-bond donors (Lipinski definition) is 3. The van der Waals surface area contributed by atoms with Gasteiger partial charge in [0.25, 0.3) is 0 Å². The number of hydrogen-bond acceptors (Lipinski definition) is 2. The van der Waals surface area contributed by atoms with Crippen LogP contribution in [-0.4, -0.2) is 18.5 Å². The molecule has 2 aromatic rings. The molecule has 138 valence electrons. The smallest absolute Gasteiger partial charge is 0.319 e. The van der Waals surface area contributed by atoms with Gasteiger partial charge in [0.05, 0.1) is 12.6 Å². The lowest BCUT2D eigenvalue weighted by Crippen LogP contribution is -2.40. The van der Waals surface area contributed by atoms with Gasteiger partial charge < -0.3 is 16.0 Å². The topological polar surface area (TPSA) is 70.2 Å². The van der Waals surface area contributed by atoms with Crippen LogP contribution < -0.4 is 16.0 Å². The minimum atomic E-state index is -0.397. The molecule has 2 rings (SSSR count). The number of carbonyl (C=O) groups is 2. The fourth-order valence-electron chi connectivity index (χ4n) is 2.74. The first-order valence-corrected chi connectivity index (χ1v) is 8.90. The van der Waals surface area contributed by atoms with E-state index in [0.717, 1.165) is 17.5 Å². The van der Waals surface area contributed by atoms with Crippen molar-refractivity contribution in [2.24, 2.45) is 5.92 Å². The maximum atomic E-state index is 12.3. The van der Waals surface area contributed by atoms with Crippen molar-refractivity contribution in [3.05, 3.63) is 65.7 Å². The molecule has 5 heteroatoms. The maximum Gasteiger partial charge on any atom is 0.319 e. The van der Waals surface area contributed by atoms with Crippen molar-refractivity contribution in [2.45, 2.75) is 33.2 Å². The second-order valence-electron chi connectivity index (χ2n) is 6.84. The van der Waals surface area contributed by atoms with Crippen LogP contribution in [0.3, 0.4) is 0 Å². The van der Waals surface area contributed by atoms with Gasteiger partial charge in [-0.05, 0) is 42.5 Å². The Bertz CT molecular complexity index is 729. The third-order valence-electron chi connectivity index (χ3n) is 3.93. The van der Waals surface area contributed by atoms with E-state index in [1.807, 2.05) is 55.5 Å². The number of amides is 3. The summed E-state index contributed by atoms with van der Waals surface area (Å²) < 4.78 is 0. The molecule has 0 aliphatic carbocycles. The van der Waals surface area contributed by atoms with Crippen molar-refractivity contribution < 1.29 is 9.59 Å². The van der Waals surface area contributed by atoms with Gasteiger partial charge in [-0.25, -0.2) is 4.79 Å². The van der Waals surface area contributed by atoms with Crippen LogP contribution in [0.2, 0.25) is 0 Å². The summed E-state index contributed by atoms with van der Waals surface area (Å²) in [6.07, 6.45) is 0.839. The zero-order valence-electron chi connectivity index (χ0n) is 15.6. The molecule has 3 N–H and O–H groups in total. The van der Waals surface area contributed by atoms with Gasteiger partial charge in [0.1, 0.15) is 0 Å². The quantitative estimate of drug-likeness (QED) is 0.703. The molecule has 5 nitrogen and oxygen atoms in total. The summed E-state index contributed by atoms with van der Waals surface area (Å²) in [6, 6.07) is 16.9. The molecule has 3 amide bonds. The number of benzene rings is 2. The number of anilines is 1. The molecular formula is C21H27N3O2. The van der Waals surface area contributed by atoms with E-state index >= 15 is 0 Å². The first-order chi connectivity index (χ1) is 12.4. The van der Waals surface area contributed by atoms with Gasteiger partial charge in [-0.2, -0.15) is 0 Å². The Morgan fingerprint density at radius 1 is 1.00 bits per heavy atom. The van der Waals surface area contributed by atoms with Crippen molar-refractivity contribution in [2.75, 3.05) is 11.9 Å². The number of nitrogens with one attached hydrogen (secondary N) is 3. The molecule has 0 saturated heterocycles. The summed E-state index contributed by atoms with van der Waals surface area (Å²) in [4.78, 5) is 24.2. The number of rotatable bonds is 7. The van der Waals surface area contributed by atoms with E-state index in [4.69, 9.17) is 0 Å². The second-order valence-corrected chi connectivity index (χ2v) is 6.84. The summed E-state index contributed by atoms with van der Waals surface area (Å²) in [5, 5.41) is 8.34. The molecule has 0 bridgehead atoms. The van der Waals surface area contributed by atoms with Crippen LogP contribution in [0.15, 0.2) is 54.6 Å². The summed E-state index contributed by atoms with van der Waals surface area (Å²) in [5.74, 6) is 0.233. The van der Waals surface area contributed by atoms with Gasteiger partial charge in [-0.3, -0.25) is 4.79 Å². The van der Waals surface area contributed by atoms with Gasteiger partial charge in [0.15, 0.2) is 0 Å². The van der Waals surface area contributed by atoms with E-state index in [1.54, 1.807) is 6.07 Å². The zero-order chi connectivity index (χ0) is 18.9. The van der Waals surface area contributed by atoms with Crippen LogP contribution in [0.5, 0.6) is 0 Å². The van der Waals surface area contributed by atoms with Crippen LogP contribution in [-0.2, 0) is 4.79 Å². The van der Waals surface area contributed by atoms with Crippen molar-refractivity contribution in [3.63, 3.8) is 0 Å². The van der Waals surface area contributed by atoms with E-state index in [2.05, 4.69) is 29.8 Å². The zero-order valence-corrected chi connectivity index (χ0v) is 15.6. The largest absolute Gasteiger partial charge is 0.348 e. The molecule has 0 heterocycles. The van der Waals surface area contributed by atoms with Crippen LogP contribution in [0.25, 0.3) is 0 Å². The third-order valence-corrected chi connectivity index (χ3v) is 3.93. The Kier molecular flexibility index (Phi) is 7.21. The fraction of sp³-hybridized carbons (Fsp3) is 0.333. The van der Waals surface area contributed by atoms with Gasteiger partial charge in [-0.1, -0.05) is 56.3 Å². The van der Waals surface area contributed by atoms with Crippen LogP contribution in [0.1, 0.15) is 37.4 Å². The van der Waals surface area contributed by atoms with E-state index in [0.29, 0.717) is 11.6 Å². The van der Waals surface area contributed by atoms with Crippen molar-refractivity contribution >= 4 is 17.6 Å². The van der Waals surface area contributed by atoms with E-state index in [1.165, 1.54) is 0 Å². The summed E-state index contributed by atoms with van der Waals surface area (Å²) in [7, 11) is 0. The highest BCUT2D eigenvalue weighted by Gasteiger charge is 2.16. The van der Waals surface area contributed by atoms with E-state index in [-0.39, 0.29) is 18.5 Å². The Labute approximate surface area is 155 Å². The van der Waals surface area contributed by atoms with E-state index in [9.17, 15) is 9.59 Å². The molecule has 26 heavy (non-hydrogen) atoms. The predicted octanol–water partition coefficient (Wildman–Crippen LogP) is 4.02. The Balaban J connectivity index is 1.86. The van der Waals surface area contributed by atoms with Crippen molar-refractivity contribution in [3.8, 4) is 0 Å². The van der Waals surface area contributed by atoms with Gasteiger partial charge in [0.2, 0.25) is 5.91 Å².